The molecule has 4 nitrogen and oxygen atoms in total. The summed E-state index contributed by atoms with van der Waals surface area (Å²) in [6, 6.07) is 7.99. The molecule has 0 saturated carbocycles. The standard InChI is InChI=1S/C19H24F2N4S/c1-22-19(23-12-14-11-15(20)6-7-16(14)21)24-13-17(18-5-4-10-26-18)25-8-2-3-9-25/h4-7,10-11,17H,2-3,8-9,12-13H2,1H3,(H2,22,23,24). The summed E-state index contributed by atoms with van der Waals surface area (Å²) in [6.07, 6.45) is 2.46. The van der Waals surface area contributed by atoms with E-state index in [9.17, 15) is 8.78 Å². The van der Waals surface area contributed by atoms with Gasteiger partial charge in [0.05, 0.1) is 6.04 Å². The van der Waals surface area contributed by atoms with Crippen molar-refractivity contribution in [2.45, 2.75) is 25.4 Å². The molecule has 0 aliphatic carbocycles. The maximum atomic E-state index is 13.8. The molecule has 140 valence electrons. The average molecular weight is 378 g/mol. The number of rotatable bonds is 6. The SMILES string of the molecule is CN=C(NCc1cc(F)ccc1F)NCC(c1cccs1)N1CCCC1. The minimum Gasteiger partial charge on any atom is -0.354 e. The first kappa shape index (κ1) is 18.8. The van der Waals surface area contributed by atoms with Crippen molar-refractivity contribution in [2.24, 2.45) is 4.99 Å². The van der Waals surface area contributed by atoms with Crippen LogP contribution >= 0.6 is 11.3 Å². The normalized spacial score (nSPS) is 16.7. The molecule has 2 N–H and O–H groups in total. The van der Waals surface area contributed by atoms with Crippen LogP contribution in [0.4, 0.5) is 8.78 Å². The Morgan fingerprint density at radius 2 is 2.04 bits per heavy atom. The van der Waals surface area contributed by atoms with E-state index in [1.54, 1.807) is 18.4 Å². The summed E-state index contributed by atoms with van der Waals surface area (Å²) in [7, 11) is 1.67. The van der Waals surface area contributed by atoms with Crippen LogP contribution in [0.3, 0.4) is 0 Å². The second-order valence-corrected chi connectivity index (χ2v) is 7.30. The van der Waals surface area contributed by atoms with Gasteiger partial charge < -0.3 is 10.6 Å². The van der Waals surface area contributed by atoms with Crippen LogP contribution in [-0.4, -0.2) is 37.5 Å². The highest BCUT2D eigenvalue weighted by Gasteiger charge is 2.24. The number of thiophene rings is 1. The first-order valence-electron chi connectivity index (χ1n) is 8.83. The molecule has 7 heteroatoms. The fourth-order valence-corrected chi connectivity index (χ4v) is 4.08. The van der Waals surface area contributed by atoms with Crippen molar-refractivity contribution in [1.82, 2.24) is 15.5 Å². The summed E-state index contributed by atoms with van der Waals surface area (Å²) in [5.41, 5.74) is 0.280. The van der Waals surface area contributed by atoms with E-state index < -0.39 is 11.6 Å². The molecule has 1 saturated heterocycles. The fourth-order valence-electron chi connectivity index (χ4n) is 3.22. The number of likely N-dealkylation sites (tertiary alicyclic amines) is 1. The Morgan fingerprint density at radius 1 is 1.23 bits per heavy atom. The molecule has 1 aromatic heterocycles. The van der Waals surface area contributed by atoms with Gasteiger partial charge in [0, 0.05) is 30.6 Å². The van der Waals surface area contributed by atoms with Crippen LogP contribution in [0, 0.1) is 11.6 Å². The molecule has 2 heterocycles. The van der Waals surface area contributed by atoms with Gasteiger partial charge in [-0.15, -0.1) is 11.3 Å². The molecular formula is C19H24F2N4S. The Bertz CT molecular complexity index is 727. The highest BCUT2D eigenvalue weighted by molar-refractivity contribution is 7.10. The van der Waals surface area contributed by atoms with Gasteiger partial charge in [-0.05, 0) is 55.6 Å². The predicted octanol–water partition coefficient (Wildman–Crippen LogP) is 3.53. The van der Waals surface area contributed by atoms with Gasteiger partial charge in [0.25, 0.3) is 0 Å². The Morgan fingerprint density at radius 3 is 2.73 bits per heavy atom. The van der Waals surface area contributed by atoms with E-state index in [1.165, 1.54) is 23.8 Å². The summed E-state index contributed by atoms with van der Waals surface area (Å²) in [6.45, 7) is 3.10. The topological polar surface area (TPSA) is 39.7 Å². The third-order valence-corrected chi connectivity index (χ3v) is 5.57. The lowest BCUT2D eigenvalue weighted by Crippen LogP contribution is -2.42. The zero-order chi connectivity index (χ0) is 18.4. The predicted molar refractivity (Wildman–Crippen MR) is 102 cm³/mol. The molecule has 1 aliphatic rings. The van der Waals surface area contributed by atoms with Gasteiger partial charge in [0.15, 0.2) is 5.96 Å². The summed E-state index contributed by atoms with van der Waals surface area (Å²) < 4.78 is 27.0. The van der Waals surface area contributed by atoms with Crippen molar-refractivity contribution >= 4 is 17.3 Å². The zero-order valence-electron chi connectivity index (χ0n) is 14.8. The van der Waals surface area contributed by atoms with Crippen LogP contribution < -0.4 is 10.6 Å². The maximum Gasteiger partial charge on any atom is 0.191 e. The van der Waals surface area contributed by atoms with Crippen LogP contribution in [-0.2, 0) is 6.54 Å². The highest BCUT2D eigenvalue weighted by atomic mass is 32.1. The summed E-state index contributed by atoms with van der Waals surface area (Å²) in [5.74, 6) is -0.296. The molecule has 1 aliphatic heterocycles. The lowest BCUT2D eigenvalue weighted by atomic mass is 10.2. The Labute approximate surface area is 156 Å². The van der Waals surface area contributed by atoms with E-state index in [-0.39, 0.29) is 12.1 Å². The lowest BCUT2D eigenvalue weighted by molar-refractivity contribution is 0.249. The average Bonchev–Trinajstić information content (AvgIpc) is 3.35. The molecule has 0 amide bonds. The maximum absolute atomic E-state index is 13.8. The van der Waals surface area contributed by atoms with E-state index in [4.69, 9.17) is 0 Å². The van der Waals surface area contributed by atoms with Crippen molar-refractivity contribution in [3.8, 4) is 0 Å². The fraction of sp³-hybridized carbons (Fsp3) is 0.421. The number of hydrogen-bond donors (Lipinski definition) is 2. The first-order valence-corrected chi connectivity index (χ1v) is 9.71. The van der Waals surface area contributed by atoms with Crippen LogP contribution in [0.15, 0.2) is 40.7 Å². The van der Waals surface area contributed by atoms with Gasteiger partial charge in [0.2, 0.25) is 0 Å². The van der Waals surface area contributed by atoms with E-state index >= 15 is 0 Å². The molecule has 1 aromatic carbocycles. The summed E-state index contributed by atoms with van der Waals surface area (Å²) in [4.78, 5) is 8.01. The van der Waals surface area contributed by atoms with Gasteiger partial charge in [-0.25, -0.2) is 8.78 Å². The quantitative estimate of drug-likeness (QED) is 0.597. The van der Waals surface area contributed by atoms with E-state index in [0.717, 1.165) is 25.2 Å². The van der Waals surface area contributed by atoms with Gasteiger partial charge in [-0.2, -0.15) is 0 Å². The van der Waals surface area contributed by atoms with Crippen molar-refractivity contribution in [2.75, 3.05) is 26.7 Å². The summed E-state index contributed by atoms with van der Waals surface area (Å²) in [5, 5.41) is 8.48. The highest BCUT2D eigenvalue weighted by Crippen LogP contribution is 2.27. The van der Waals surface area contributed by atoms with Crippen LogP contribution in [0.25, 0.3) is 0 Å². The number of nitrogens with one attached hydrogen (secondary N) is 2. The van der Waals surface area contributed by atoms with E-state index in [1.807, 2.05) is 0 Å². The minimum absolute atomic E-state index is 0.177. The number of hydrogen-bond acceptors (Lipinski definition) is 3. The van der Waals surface area contributed by atoms with E-state index in [2.05, 4.69) is 38.0 Å². The second-order valence-electron chi connectivity index (χ2n) is 6.32. The van der Waals surface area contributed by atoms with Gasteiger partial charge in [0.1, 0.15) is 11.6 Å². The lowest BCUT2D eigenvalue weighted by Gasteiger charge is -2.27. The Hall–Kier alpha value is -1.99. The molecule has 0 radical (unpaired) electrons. The second kappa shape index (κ2) is 9.09. The van der Waals surface area contributed by atoms with Crippen LogP contribution in [0.2, 0.25) is 0 Å². The number of benzene rings is 1. The molecule has 3 rings (SSSR count). The number of halogens is 2. The minimum atomic E-state index is -0.446. The molecule has 0 spiro atoms. The van der Waals surface area contributed by atoms with Crippen molar-refractivity contribution in [3.63, 3.8) is 0 Å². The number of nitrogens with zero attached hydrogens (tertiary/aromatic N) is 2. The summed E-state index contributed by atoms with van der Waals surface area (Å²) >= 11 is 1.76. The van der Waals surface area contributed by atoms with Crippen LogP contribution in [0.5, 0.6) is 0 Å². The molecule has 1 atom stereocenters. The third kappa shape index (κ3) is 4.80. The molecular weight excluding hydrogens is 354 g/mol. The van der Waals surface area contributed by atoms with Crippen LogP contribution in [0.1, 0.15) is 29.3 Å². The Kier molecular flexibility index (Phi) is 6.57. The van der Waals surface area contributed by atoms with Crippen molar-refractivity contribution in [1.29, 1.82) is 0 Å². The first-order chi connectivity index (χ1) is 12.7. The van der Waals surface area contributed by atoms with Gasteiger partial charge in [-0.1, -0.05) is 6.07 Å². The van der Waals surface area contributed by atoms with E-state index in [0.29, 0.717) is 18.5 Å². The molecule has 26 heavy (non-hydrogen) atoms. The van der Waals surface area contributed by atoms with Gasteiger partial charge in [-0.3, -0.25) is 9.89 Å². The Balaban J connectivity index is 1.59. The number of guanidine groups is 1. The van der Waals surface area contributed by atoms with Crippen molar-refractivity contribution in [3.05, 3.63) is 57.8 Å². The molecule has 1 unspecified atom stereocenters. The van der Waals surface area contributed by atoms with Gasteiger partial charge >= 0.3 is 0 Å². The molecule has 2 aromatic rings. The zero-order valence-corrected chi connectivity index (χ0v) is 15.7. The third-order valence-electron chi connectivity index (χ3n) is 4.59. The molecule has 1 fully saturated rings. The monoisotopic (exact) mass is 378 g/mol. The largest absolute Gasteiger partial charge is 0.354 e. The molecule has 0 bridgehead atoms. The smallest absolute Gasteiger partial charge is 0.191 e. The number of aliphatic imine (C=N–C) groups is 1. The van der Waals surface area contributed by atoms with Crippen molar-refractivity contribution < 1.29 is 8.78 Å².